The fourth-order valence-electron chi connectivity index (χ4n) is 3.13. The Morgan fingerprint density at radius 3 is 2.50 bits per heavy atom. The van der Waals surface area contributed by atoms with Gasteiger partial charge in [-0.25, -0.2) is 4.68 Å². The number of nitrogens with one attached hydrogen (secondary N) is 1. The van der Waals surface area contributed by atoms with Crippen molar-refractivity contribution in [1.29, 1.82) is 0 Å². The molecule has 0 spiro atoms. The van der Waals surface area contributed by atoms with Crippen LogP contribution >= 0.6 is 0 Å². The standard InChI is InChI=1S/C24H21N3O3/c28-23(25-14-15-30-21-8-2-1-3-9-21)17-27-24(29)13-12-22(26-27)20-11-10-18-6-4-5-7-19(18)16-20/h1-13,16H,14-15,17H2,(H,25,28). The van der Waals surface area contributed by atoms with Crippen molar-refractivity contribution in [1.82, 2.24) is 15.1 Å². The van der Waals surface area contributed by atoms with Gasteiger partial charge in [-0.2, -0.15) is 5.10 Å². The zero-order chi connectivity index (χ0) is 20.8. The van der Waals surface area contributed by atoms with Crippen LogP contribution in [-0.4, -0.2) is 28.8 Å². The zero-order valence-electron chi connectivity index (χ0n) is 16.3. The molecule has 0 atom stereocenters. The molecule has 30 heavy (non-hydrogen) atoms. The van der Waals surface area contributed by atoms with Crippen LogP contribution in [-0.2, 0) is 11.3 Å². The fraction of sp³-hybridized carbons (Fsp3) is 0.125. The molecule has 0 bridgehead atoms. The number of ether oxygens (including phenoxy) is 1. The maximum absolute atomic E-state index is 12.2. The monoisotopic (exact) mass is 399 g/mol. The average Bonchev–Trinajstić information content (AvgIpc) is 2.78. The predicted octanol–water partition coefficient (Wildman–Crippen LogP) is 3.26. The summed E-state index contributed by atoms with van der Waals surface area (Å²) in [5.74, 6) is 0.449. The molecule has 4 aromatic rings. The number of nitrogens with zero attached hydrogens (tertiary/aromatic N) is 2. The third kappa shape index (κ3) is 4.72. The van der Waals surface area contributed by atoms with Crippen molar-refractivity contribution in [2.24, 2.45) is 0 Å². The van der Waals surface area contributed by atoms with Gasteiger partial charge in [0, 0.05) is 11.6 Å². The number of aromatic nitrogens is 2. The van der Waals surface area contributed by atoms with Crippen molar-refractivity contribution in [3.63, 3.8) is 0 Å². The molecule has 0 aliphatic heterocycles. The largest absolute Gasteiger partial charge is 0.492 e. The van der Waals surface area contributed by atoms with Crippen molar-refractivity contribution < 1.29 is 9.53 Å². The third-order valence-electron chi connectivity index (χ3n) is 4.64. The molecule has 1 aromatic heterocycles. The molecule has 4 rings (SSSR count). The van der Waals surface area contributed by atoms with Gasteiger partial charge in [0.15, 0.2) is 0 Å². The van der Waals surface area contributed by atoms with E-state index in [1.54, 1.807) is 6.07 Å². The first kappa shape index (κ1) is 19.4. The minimum atomic E-state index is -0.324. The van der Waals surface area contributed by atoms with Gasteiger partial charge >= 0.3 is 0 Å². The highest BCUT2D eigenvalue weighted by Gasteiger charge is 2.08. The average molecular weight is 399 g/mol. The van der Waals surface area contributed by atoms with Crippen LogP contribution in [0.2, 0.25) is 0 Å². The number of hydrogen-bond acceptors (Lipinski definition) is 4. The maximum atomic E-state index is 12.2. The fourth-order valence-corrected chi connectivity index (χ4v) is 3.13. The summed E-state index contributed by atoms with van der Waals surface area (Å²) in [6.07, 6.45) is 0. The molecular formula is C24H21N3O3. The molecule has 1 amide bonds. The third-order valence-corrected chi connectivity index (χ3v) is 4.64. The molecule has 6 heteroatoms. The Morgan fingerprint density at radius 2 is 1.67 bits per heavy atom. The Balaban J connectivity index is 1.40. The van der Waals surface area contributed by atoms with Gasteiger partial charge in [-0.15, -0.1) is 0 Å². The van der Waals surface area contributed by atoms with Gasteiger partial charge in [-0.1, -0.05) is 54.6 Å². The summed E-state index contributed by atoms with van der Waals surface area (Å²) >= 11 is 0. The molecule has 1 N–H and O–H groups in total. The first-order valence-electron chi connectivity index (χ1n) is 9.71. The van der Waals surface area contributed by atoms with E-state index in [4.69, 9.17) is 4.74 Å². The van der Waals surface area contributed by atoms with Gasteiger partial charge in [-0.3, -0.25) is 9.59 Å². The number of para-hydroxylation sites is 1. The normalized spacial score (nSPS) is 10.7. The zero-order valence-corrected chi connectivity index (χ0v) is 16.3. The lowest BCUT2D eigenvalue weighted by molar-refractivity contribution is -0.122. The lowest BCUT2D eigenvalue weighted by Gasteiger charge is -2.10. The topological polar surface area (TPSA) is 73.2 Å². The molecule has 0 aliphatic rings. The Morgan fingerprint density at radius 1 is 0.900 bits per heavy atom. The van der Waals surface area contributed by atoms with Crippen molar-refractivity contribution in [3.8, 4) is 17.0 Å². The highest BCUT2D eigenvalue weighted by molar-refractivity contribution is 5.86. The first-order chi connectivity index (χ1) is 14.7. The van der Waals surface area contributed by atoms with E-state index in [-0.39, 0.29) is 18.0 Å². The van der Waals surface area contributed by atoms with Gasteiger partial charge in [0.1, 0.15) is 18.9 Å². The lowest BCUT2D eigenvalue weighted by atomic mass is 10.1. The van der Waals surface area contributed by atoms with Crippen LogP contribution in [0, 0.1) is 0 Å². The molecule has 0 saturated heterocycles. The Kier molecular flexibility index (Phi) is 5.85. The van der Waals surface area contributed by atoms with E-state index in [9.17, 15) is 9.59 Å². The van der Waals surface area contributed by atoms with Crippen LogP contribution in [0.3, 0.4) is 0 Å². The van der Waals surface area contributed by atoms with E-state index in [2.05, 4.69) is 10.4 Å². The van der Waals surface area contributed by atoms with Crippen molar-refractivity contribution in [2.45, 2.75) is 6.54 Å². The molecule has 1 heterocycles. The van der Waals surface area contributed by atoms with Crippen LogP contribution in [0.1, 0.15) is 0 Å². The van der Waals surface area contributed by atoms with E-state index < -0.39 is 0 Å². The second kappa shape index (κ2) is 9.05. The molecule has 6 nitrogen and oxygen atoms in total. The molecule has 0 radical (unpaired) electrons. The lowest BCUT2D eigenvalue weighted by Crippen LogP contribution is -2.35. The van der Waals surface area contributed by atoms with Crippen molar-refractivity contribution >= 4 is 16.7 Å². The smallest absolute Gasteiger partial charge is 0.267 e. The van der Waals surface area contributed by atoms with Gasteiger partial charge in [0.2, 0.25) is 5.91 Å². The maximum Gasteiger partial charge on any atom is 0.267 e. The predicted molar refractivity (Wildman–Crippen MR) is 116 cm³/mol. The van der Waals surface area contributed by atoms with Gasteiger partial charge in [0.25, 0.3) is 5.56 Å². The minimum absolute atomic E-state index is 0.147. The number of carbonyl (C=O) groups excluding carboxylic acids is 1. The van der Waals surface area contributed by atoms with E-state index in [0.29, 0.717) is 18.8 Å². The van der Waals surface area contributed by atoms with Crippen LogP contribution in [0.4, 0.5) is 0 Å². The van der Waals surface area contributed by atoms with Gasteiger partial charge < -0.3 is 10.1 Å². The Labute approximate surface area is 173 Å². The Bertz CT molecular complexity index is 1220. The number of rotatable bonds is 7. The van der Waals surface area contributed by atoms with Gasteiger partial charge in [0.05, 0.1) is 12.2 Å². The van der Waals surface area contributed by atoms with E-state index in [1.807, 2.05) is 72.8 Å². The van der Waals surface area contributed by atoms with Crippen molar-refractivity contribution in [2.75, 3.05) is 13.2 Å². The molecule has 0 unspecified atom stereocenters. The van der Waals surface area contributed by atoms with Crippen molar-refractivity contribution in [3.05, 3.63) is 95.3 Å². The van der Waals surface area contributed by atoms with Crippen LogP contribution < -0.4 is 15.6 Å². The second-order valence-corrected chi connectivity index (χ2v) is 6.79. The number of carbonyl (C=O) groups is 1. The number of amides is 1. The SMILES string of the molecule is O=C(Cn1nc(-c2ccc3ccccc3c2)ccc1=O)NCCOc1ccccc1. The van der Waals surface area contributed by atoms with E-state index in [0.717, 1.165) is 22.1 Å². The highest BCUT2D eigenvalue weighted by Crippen LogP contribution is 2.22. The van der Waals surface area contributed by atoms with E-state index >= 15 is 0 Å². The van der Waals surface area contributed by atoms with Crippen LogP contribution in [0.15, 0.2) is 89.7 Å². The summed E-state index contributed by atoms with van der Waals surface area (Å²) < 4.78 is 6.72. The molecule has 0 aliphatic carbocycles. The number of benzene rings is 3. The first-order valence-corrected chi connectivity index (χ1v) is 9.71. The summed E-state index contributed by atoms with van der Waals surface area (Å²) in [7, 11) is 0. The second-order valence-electron chi connectivity index (χ2n) is 6.79. The molecular weight excluding hydrogens is 378 g/mol. The van der Waals surface area contributed by atoms with E-state index in [1.165, 1.54) is 10.7 Å². The quantitative estimate of drug-likeness (QED) is 0.484. The van der Waals surface area contributed by atoms with Crippen LogP contribution in [0.5, 0.6) is 5.75 Å². The molecule has 0 fully saturated rings. The molecule has 0 saturated carbocycles. The molecule has 150 valence electrons. The number of fused-ring (bicyclic) bond motifs is 1. The van der Waals surface area contributed by atoms with Crippen LogP contribution in [0.25, 0.3) is 22.0 Å². The summed E-state index contributed by atoms with van der Waals surface area (Å²) in [6, 6.07) is 26.5. The molecule has 3 aromatic carbocycles. The highest BCUT2D eigenvalue weighted by atomic mass is 16.5. The Hall–Kier alpha value is -3.93. The van der Waals surface area contributed by atoms with Gasteiger partial charge in [-0.05, 0) is 35.0 Å². The summed E-state index contributed by atoms with van der Waals surface area (Å²) in [4.78, 5) is 24.4. The summed E-state index contributed by atoms with van der Waals surface area (Å²) in [5, 5.41) is 9.35. The number of hydrogen-bond donors (Lipinski definition) is 1. The summed E-state index contributed by atoms with van der Waals surface area (Å²) in [5.41, 5.74) is 1.20. The summed E-state index contributed by atoms with van der Waals surface area (Å²) in [6.45, 7) is 0.535. The minimum Gasteiger partial charge on any atom is -0.492 e.